The van der Waals surface area contributed by atoms with Crippen LogP contribution < -0.4 is 5.32 Å². The van der Waals surface area contributed by atoms with Crippen LogP contribution in [0, 0.1) is 0 Å². The average molecular weight is 201 g/mol. The lowest BCUT2D eigenvalue weighted by atomic mass is 10.2. The van der Waals surface area contributed by atoms with E-state index in [9.17, 15) is 8.78 Å². The van der Waals surface area contributed by atoms with Gasteiger partial charge in [0.25, 0.3) is 6.43 Å². The van der Waals surface area contributed by atoms with Crippen molar-refractivity contribution in [3.63, 3.8) is 0 Å². The molecular weight excluding hydrogens is 188 g/mol. The van der Waals surface area contributed by atoms with Crippen molar-refractivity contribution in [1.29, 1.82) is 0 Å². The van der Waals surface area contributed by atoms with Gasteiger partial charge in [-0.3, -0.25) is 0 Å². The van der Waals surface area contributed by atoms with Gasteiger partial charge in [-0.15, -0.1) is 0 Å². The number of nitrogens with one attached hydrogen (secondary N) is 1. The molecule has 1 unspecified atom stereocenters. The number of imidazole rings is 1. The first-order valence-corrected chi connectivity index (χ1v) is 4.71. The van der Waals surface area contributed by atoms with E-state index in [0.29, 0.717) is 11.7 Å². The van der Waals surface area contributed by atoms with Gasteiger partial charge in [-0.25, -0.2) is 13.8 Å². The second kappa shape index (κ2) is 3.65. The summed E-state index contributed by atoms with van der Waals surface area (Å²) in [5.41, 5.74) is 0.588. The Morgan fingerprint density at radius 1 is 1.57 bits per heavy atom. The van der Waals surface area contributed by atoms with Gasteiger partial charge in [-0.1, -0.05) is 0 Å². The summed E-state index contributed by atoms with van der Waals surface area (Å²) < 4.78 is 27.1. The van der Waals surface area contributed by atoms with Crippen molar-refractivity contribution in [2.24, 2.45) is 0 Å². The van der Waals surface area contributed by atoms with Crippen molar-refractivity contribution in [3.05, 3.63) is 18.2 Å². The average Bonchev–Trinajstić information content (AvgIpc) is 2.88. The van der Waals surface area contributed by atoms with E-state index in [1.165, 1.54) is 6.20 Å². The summed E-state index contributed by atoms with van der Waals surface area (Å²) in [6.45, 7) is 0. The van der Waals surface area contributed by atoms with Crippen LogP contribution in [0.25, 0.3) is 0 Å². The van der Waals surface area contributed by atoms with Gasteiger partial charge in [0, 0.05) is 12.2 Å². The van der Waals surface area contributed by atoms with E-state index in [4.69, 9.17) is 0 Å². The maximum Gasteiger partial charge on any atom is 0.259 e. The van der Waals surface area contributed by atoms with Crippen LogP contribution in [0.1, 0.15) is 30.6 Å². The third-order valence-corrected chi connectivity index (χ3v) is 2.52. The number of rotatable bonds is 4. The summed E-state index contributed by atoms with van der Waals surface area (Å²) in [6.07, 6.45) is 2.91. The van der Waals surface area contributed by atoms with Crippen molar-refractivity contribution in [3.8, 4) is 0 Å². The van der Waals surface area contributed by atoms with Crippen molar-refractivity contribution >= 4 is 0 Å². The Hall–Kier alpha value is -0.970. The Morgan fingerprint density at radius 3 is 2.79 bits per heavy atom. The Bertz CT molecular complexity index is 307. The number of hydrogen-bond donors (Lipinski definition) is 1. The van der Waals surface area contributed by atoms with Gasteiger partial charge >= 0.3 is 0 Å². The van der Waals surface area contributed by atoms with Gasteiger partial charge in [-0.05, 0) is 19.9 Å². The Morgan fingerprint density at radius 2 is 2.29 bits per heavy atom. The van der Waals surface area contributed by atoms with Crippen LogP contribution in [0.4, 0.5) is 8.78 Å². The fourth-order valence-electron chi connectivity index (χ4n) is 1.62. The second-order valence-electron chi connectivity index (χ2n) is 3.56. The van der Waals surface area contributed by atoms with Crippen LogP contribution in [0.3, 0.4) is 0 Å². The van der Waals surface area contributed by atoms with Crippen LogP contribution in [-0.2, 0) is 0 Å². The van der Waals surface area contributed by atoms with E-state index in [0.717, 1.165) is 12.8 Å². The molecule has 0 spiro atoms. The summed E-state index contributed by atoms with van der Waals surface area (Å²) in [5, 5.41) is 2.62. The van der Waals surface area contributed by atoms with Crippen molar-refractivity contribution in [2.45, 2.75) is 31.4 Å². The van der Waals surface area contributed by atoms with Gasteiger partial charge in [0.1, 0.15) is 6.04 Å². The first-order chi connectivity index (χ1) is 6.74. The lowest BCUT2D eigenvalue weighted by Gasteiger charge is -2.16. The fraction of sp³-hybridized carbons (Fsp3) is 0.667. The first kappa shape index (κ1) is 9.58. The number of alkyl halides is 2. The van der Waals surface area contributed by atoms with Gasteiger partial charge < -0.3 is 9.88 Å². The molecule has 0 radical (unpaired) electrons. The summed E-state index contributed by atoms with van der Waals surface area (Å²) in [5.74, 6) is 0. The zero-order valence-electron chi connectivity index (χ0n) is 7.95. The molecule has 0 bridgehead atoms. The molecule has 14 heavy (non-hydrogen) atoms. The zero-order valence-corrected chi connectivity index (χ0v) is 7.95. The molecule has 1 aliphatic carbocycles. The van der Waals surface area contributed by atoms with Crippen molar-refractivity contribution in [2.75, 3.05) is 7.05 Å². The van der Waals surface area contributed by atoms with Crippen LogP contribution in [0.5, 0.6) is 0 Å². The molecule has 0 aliphatic heterocycles. The molecule has 0 amide bonds. The van der Waals surface area contributed by atoms with Gasteiger partial charge in [-0.2, -0.15) is 0 Å². The quantitative estimate of drug-likeness (QED) is 0.804. The monoisotopic (exact) mass is 201 g/mol. The van der Waals surface area contributed by atoms with Crippen LogP contribution in [0.2, 0.25) is 0 Å². The third kappa shape index (κ3) is 1.64. The highest BCUT2D eigenvalue weighted by atomic mass is 19.3. The SMILES string of the molecule is CNC(c1cncn1C1CC1)C(F)F. The summed E-state index contributed by atoms with van der Waals surface area (Å²) in [7, 11) is 1.54. The molecule has 78 valence electrons. The summed E-state index contributed by atoms with van der Waals surface area (Å²) >= 11 is 0. The predicted molar refractivity (Wildman–Crippen MR) is 48.3 cm³/mol. The molecule has 1 N–H and O–H groups in total. The van der Waals surface area contributed by atoms with E-state index in [1.54, 1.807) is 13.4 Å². The normalized spacial score (nSPS) is 18.9. The van der Waals surface area contributed by atoms with Crippen molar-refractivity contribution in [1.82, 2.24) is 14.9 Å². The predicted octanol–water partition coefficient (Wildman–Crippen LogP) is 1.74. The van der Waals surface area contributed by atoms with Crippen LogP contribution >= 0.6 is 0 Å². The number of aromatic nitrogens is 2. The molecule has 1 fully saturated rings. The van der Waals surface area contributed by atoms with E-state index in [1.807, 2.05) is 4.57 Å². The maximum absolute atomic E-state index is 12.6. The number of nitrogens with zero attached hydrogens (tertiary/aromatic N) is 2. The summed E-state index contributed by atoms with van der Waals surface area (Å²) in [4.78, 5) is 3.92. The molecule has 2 rings (SSSR count). The highest BCUT2D eigenvalue weighted by Crippen LogP contribution is 2.37. The van der Waals surface area contributed by atoms with Gasteiger partial charge in [0.15, 0.2) is 0 Å². The molecule has 1 atom stereocenters. The highest BCUT2D eigenvalue weighted by Gasteiger charge is 2.30. The topological polar surface area (TPSA) is 29.9 Å². The van der Waals surface area contributed by atoms with E-state index < -0.39 is 12.5 Å². The Kier molecular flexibility index (Phi) is 2.50. The minimum Gasteiger partial charge on any atom is -0.330 e. The molecule has 0 aromatic carbocycles. The molecule has 1 saturated carbocycles. The van der Waals surface area contributed by atoms with Crippen LogP contribution in [-0.4, -0.2) is 23.0 Å². The number of halogens is 2. The smallest absolute Gasteiger partial charge is 0.259 e. The van der Waals surface area contributed by atoms with Crippen LogP contribution in [0.15, 0.2) is 12.5 Å². The largest absolute Gasteiger partial charge is 0.330 e. The highest BCUT2D eigenvalue weighted by molar-refractivity contribution is 5.09. The van der Waals surface area contributed by atoms with Gasteiger partial charge in [0.05, 0.1) is 12.0 Å². The number of hydrogen-bond acceptors (Lipinski definition) is 2. The lowest BCUT2D eigenvalue weighted by molar-refractivity contribution is 0.0986. The second-order valence-corrected chi connectivity index (χ2v) is 3.56. The molecular formula is C9H13F2N3. The van der Waals surface area contributed by atoms with Gasteiger partial charge in [0.2, 0.25) is 0 Å². The van der Waals surface area contributed by atoms with Crippen molar-refractivity contribution < 1.29 is 8.78 Å². The van der Waals surface area contributed by atoms with E-state index in [-0.39, 0.29) is 0 Å². The Labute approximate surface area is 81.1 Å². The van der Waals surface area contributed by atoms with E-state index >= 15 is 0 Å². The first-order valence-electron chi connectivity index (χ1n) is 4.71. The molecule has 5 heteroatoms. The molecule has 1 aromatic rings. The third-order valence-electron chi connectivity index (χ3n) is 2.52. The molecule has 3 nitrogen and oxygen atoms in total. The molecule has 1 heterocycles. The minimum atomic E-state index is -2.39. The fourth-order valence-corrected chi connectivity index (χ4v) is 1.62. The summed E-state index contributed by atoms with van der Waals surface area (Å²) in [6, 6.07) is -0.514. The standard InChI is InChI=1S/C9H13F2N3/c1-12-8(9(10)11)7-4-13-5-14(7)6-2-3-6/h4-6,8-9,12H,2-3H2,1H3. The molecule has 0 saturated heterocycles. The van der Waals surface area contributed by atoms with E-state index in [2.05, 4.69) is 10.3 Å². The Balaban J connectivity index is 2.24. The lowest BCUT2D eigenvalue weighted by Crippen LogP contribution is -2.26. The minimum absolute atomic E-state index is 0.391. The molecule has 1 aliphatic rings. The maximum atomic E-state index is 12.6. The molecule has 1 aromatic heterocycles. The zero-order chi connectivity index (χ0) is 10.1.